The summed E-state index contributed by atoms with van der Waals surface area (Å²) in [6.07, 6.45) is 2.92. The second-order valence-corrected chi connectivity index (χ2v) is 4.45. The van der Waals surface area contributed by atoms with Gasteiger partial charge in [0.15, 0.2) is 0 Å². The van der Waals surface area contributed by atoms with Crippen molar-refractivity contribution >= 4 is 11.6 Å². The number of aromatic nitrogens is 1. The fourth-order valence-electron chi connectivity index (χ4n) is 2.03. The maximum Gasteiger partial charge on any atom is 0.272 e. The first-order valence-corrected chi connectivity index (χ1v) is 6.50. The van der Waals surface area contributed by atoms with Crippen LogP contribution in [0.2, 0.25) is 0 Å². The van der Waals surface area contributed by atoms with Crippen molar-refractivity contribution in [3.8, 4) is 0 Å². The molecule has 0 saturated carbocycles. The van der Waals surface area contributed by atoms with E-state index in [0.29, 0.717) is 12.2 Å². The molecule has 2 aromatic rings. The van der Waals surface area contributed by atoms with Crippen molar-refractivity contribution in [3.63, 3.8) is 0 Å². The number of amides is 1. The fraction of sp³-hybridized carbons (Fsp3) is 0.267. The minimum Gasteiger partial charge on any atom is -0.344 e. The van der Waals surface area contributed by atoms with Crippen LogP contribution in [-0.2, 0) is 13.1 Å². The number of carbonyl (C=O) groups excluding carboxylic acids is 1. The van der Waals surface area contributed by atoms with Crippen molar-refractivity contribution in [2.45, 2.75) is 26.4 Å². The SMILES string of the molecule is CCCn1cccc1C(=O)Nc1cccc(CN)c1. The molecule has 1 amide bonds. The van der Waals surface area contributed by atoms with Gasteiger partial charge in [-0.2, -0.15) is 0 Å². The molecular weight excluding hydrogens is 238 g/mol. The number of hydrogen-bond donors (Lipinski definition) is 2. The molecule has 0 atom stereocenters. The topological polar surface area (TPSA) is 60.0 Å². The molecule has 4 nitrogen and oxygen atoms in total. The van der Waals surface area contributed by atoms with Gasteiger partial charge >= 0.3 is 0 Å². The smallest absolute Gasteiger partial charge is 0.272 e. The molecule has 2 rings (SSSR count). The summed E-state index contributed by atoms with van der Waals surface area (Å²) in [5.74, 6) is -0.0902. The molecule has 3 N–H and O–H groups in total. The van der Waals surface area contributed by atoms with Crippen LogP contribution in [0.5, 0.6) is 0 Å². The number of nitrogens with one attached hydrogen (secondary N) is 1. The lowest BCUT2D eigenvalue weighted by molar-refractivity contribution is 0.101. The summed E-state index contributed by atoms with van der Waals surface area (Å²) in [4.78, 5) is 12.2. The van der Waals surface area contributed by atoms with Crippen LogP contribution in [0.25, 0.3) is 0 Å². The van der Waals surface area contributed by atoms with Gasteiger partial charge in [-0.05, 0) is 36.2 Å². The predicted octanol–water partition coefficient (Wildman–Crippen LogP) is 2.61. The summed E-state index contributed by atoms with van der Waals surface area (Å²) < 4.78 is 1.96. The van der Waals surface area contributed by atoms with Crippen LogP contribution in [0.1, 0.15) is 29.4 Å². The molecule has 0 unspecified atom stereocenters. The Morgan fingerprint density at radius 2 is 2.16 bits per heavy atom. The van der Waals surface area contributed by atoms with Crippen molar-refractivity contribution in [1.82, 2.24) is 4.57 Å². The van der Waals surface area contributed by atoms with E-state index in [9.17, 15) is 4.79 Å². The average molecular weight is 257 g/mol. The Morgan fingerprint density at radius 1 is 1.32 bits per heavy atom. The molecule has 0 radical (unpaired) electrons. The summed E-state index contributed by atoms with van der Waals surface area (Å²) in [6, 6.07) is 11.3. The van der Waals surface area contributed by atoms with Crippen molar-refractivity contribution in [2.75, 3.05) is 5.32 Å². The third kappa shape index (κ3) is 3.23. The summed E-state index contributed by atoms with van der Waals surface area (Å²) in [5.41, 5.74) is 8.05. The molecule has 100 valence electrons. The quantitative estimate of drug-likeness (QED) is 0.865. The highest BCUT2D eigenvalue weighted by Gasteiger charge is 2.10. The molecule has 0 spiro atoms. The summed E-state index contributed by atoms with van der Waals surface area (Å²) in [6.45, 7) is 3.40. The first-order valence-electron chi connectivity index (χ1n) is 6.50. The largest absolute Gasteiger partial charge is 0.344 e. The molecule has 0 aliphatic carbocycles. The highest BCUT2D eigenvalue weighted by Crippen LogP contribution is 2.12. The lowest BCUT2D eigenvalue weighted by Crippen LogP contribution is -2.17. The predicted molar refractivity (Wildman–Crippen MR) is 77.0 cm³/mol. The molecule has 0 aliphatic rings. The van der Waals surface area contributed by atoms with Crippen molar-refractivity contribution in [3.05, 3.63) is 53.9 Å². The van der Waals surface area contributed by atoms with Gasteiger partial charge < -0.3 is 15.6 Å². The Morgan fingerprint density at radius 3 is 2.89 bits per heavy atom. The number of hydrogen-bond acceptors (Lipinski definition) is 2. The summed E-state index contributed by atoms with van der Waals surface area (Å²) in [5, 5.41) is 2.90. The Balaban J connectivity index is 2.13. The van der Waals surface area contributed by atoms with Gasteiger partial charge in [-0.1, -0.05) is 19.1 Å². The van der Waals surface area contributed by atoms with E-state index in [4.69, 9.17) is 5.73 Å². The van der Waals surface area contributed by atoms with E-state index in [1.807, 2.05) is 47.2 Å². The van der Waals surface area contributed by atoms with Crippen molar-refractivity contribution in [2.24, 2.45) is 5.73 Å². The molecule has 0 fully saturated rings. The minimum atomic E-state index is -0.0902. The van der Waals surface area contributed by atoms with Crippen LogP contribution in [0.4, 0.5) is 5.69 Å². The normalized spacial score (nSPS) is 10.4. The van der Waals surface area contributed by atoms with Crippen LogP contribution in [0.15, 0.2) is 42.6 Å². The van der Waals surface area contributed by atoms with E-state index in [0.717, 1.165) is 24.2 Å². The van der Waals surface area contributed by atoms with Gasteiger partial charge in [0.2, 0.25) is 0 Å². The van der Waals surface area contributed by atoms with E-state index in [-0.39, 0.29) is 5.91 Å². The van der Waals surface area contributed by atoms with Gasteiger partial charge in [0.1, 0.15) is 5.69 Å². The summed E-state index contributed by atoms with van der Waals surface area (Å²) >= 11 is 0. The second kappa shape index (κ2) is 6.20. The van der Waals surface area contributed by atoms with Crippen molar-refractivity contribution in [1.29, 1.82) is 0 Å². The lowest BCUT2D eigenvalue weighted by atomic mass is 10.2. The van der Waals surface area contributed by atoms with Gasteiger partial charge in [0.05, 0.1) is 0 Å². The van der Waals surface area contributed by atoms with Crippen LogP contribution in [-0.4, -0.2) is 10.5 Å². The van der Waals surface area contributed by atoms with Crippen LogP contribution >= 0.6 is 0 Å². The van der Waals surface area contributed by atoms with Crippen LogP contribution in [0.3, 0.4) is 0 Å². The van der Waals surface area contributed by atoms with Crippen LogP contribution < -0.4 is 11.1 Å². The third-order valence-corrected chi connectivity index (χ3v) is 2.95. The Hall–Kier alpha value is -2.07. The number of aryl methyl sites for hydroxylation is 1. The van der Waals surface area contributed by atoms with Gasteiger partial charge in [0, 0.05) is 25.0 Å². The monoisotopic (exact) mass is 257 g/mol. The highest BCUT2D eigenvalue weighted by atomic mass is 16.1. The van der Waals surface area contributed by atoms with Gasteiger partial charge in [-0.25, -0.2) is 0 Å². The zero-order valence-corrected chi connectivity index (χ0v) is 11.1. The zero-order chi connectivity index (χ0) is 13.7. The second-order valence-electron chi connectivity index (χ2n) is 4.45. The number of benzene rings is 1. The standard InChI is InChI=1S/C15H19N3O/c1-2-8-18-9-4-7-14(18)15(19)17-13-6-3-5-12(10-13)11-16/h3-7,9-10H,2,8,11,16H2,1H3,(H,17,19). The minimum absolute atomic E-state index is 0.0902. The number of carbonyl (C=O) groups is 1. The molecular formula is C15H19N3O. The third-order valence-electron chi connectivity index (χ3n) is 2.95. The Kier molecular flexibility index (Phi) is 4.36. The van der Waals surface area contributed by atoms with E-state index in [1.54, 1.807) is 0 Å². The Labute approximate surface area is 113 Å². The molecule has 19 heavy (non-hydrogen) atoms. The first kappa shape index (κ1) is 13.4. The highest BCUT2D eigenvalue weighted by molar-refractivity contribution is 6.03. The van der Waals surface area contributed by atoms with E-state index >= 15 is 0 Å². The van der Waals surface area contributed by atoms with E-state index in [2.05, 4.69) is 12.2 Å². The maximum absolute atomic E-state index is 12.2. The van der Waals surface area contributed by atoms with Crippen molar-refractivity contribution < 1.29 is 4.79 Å². The lowest BCUT2D eigenvalue weighted by Gasteiger charge is -2.09. The molecule has 0 saturated heterocycles. The number of nitrogens with two attached hydrogens (primary N) is 1. The zero-order valence-electron chi connectivity index (χ0n) is 11.1. The van der Waals surface area contributed by atoms with Crippen LogP contribution in [0, 0.1) is 0 Å². The molecule has 1 aromatic carbocycles. The van der Waals surface area contributed by atoms with Gasteiger partial charge in [-0.3, -0.25) is 4.79 Å². The number of anilines is 1. The molecule has 4 heteroatoms. The van der Waals surface area contributed by atoms with Gasteiger partial charge in [-0.15, -0.1) is 0 Å². The van der Waals surface area contributed by atoms with Gasteiger partial charge in [0.25, 0.3) is 5.91 Å². The summed E-state index contributed by atoms with van der Waals surface area (Å²) in [7, 11) is 0. The number of nitrogens with zero attached hydrogens (tertiary/aromatic N) is 1. The first-order chi connectivity index (χ1) is 9.24. The molecule has 1 heterocycles. The maximum atomic E-state index is 12.2. The average Bonchev–Trinajstić information content (AvgIpc) is 2.88. The molecule has 0 bridgehead atoms. The Bertz CT molecular complexity index is 560. The van der Waals surface area contributed by atoms with E-state index < -0.39 is 0 Å². The molecule has 1 aromatic heterocycles. The fourth-order valence-corrected chi connectivity index (χ4v) is 2.03. The van der Waals surface area contributed by atoms with E-state index in [1.165, 1.54) is 0 Å². The molecule has 0 aliphatic heterocycles. The number of rotatable bonds is 5.